The predicted molar refractivity (Wildman–Crippen MR) is 118 cm³/mol. The number of nitrogens with zero attached hydrogens (tertiary/aromatic N) is 3. The lowest BCUT2D eigenvalue weighted by molar-refractivity contribution is -0.671. The molecular formula is C25H19BN3+. The summed E-state index contributed by atoms with van der Waals surface area (Å²) in [6.45, 7) is 3.33. The Balaban J connectivity index is 1.62. The average molecular weight is 372 g/mol. The molecule has 1 aromatic heterocycles. The zero-order valence-electron chi connectivity index (χ0n) is 16.2. The lowest BCUT2D eigenvalue weighted by Gasteiger charge is -2.34. The van der Waals surface area contributed by atoms with Crippen LogP contribution in [0.5, 0.6) is 0 Å². The molecule has 3 nitrogen and oxygen atoms in total. The van der Waals surface area contributed by atoms with Crippen LogP contribution in [0.1, 0.15) is 11.1 Å². The van der Waals surface area contributed by atoms with Gasteiger partial charge in [0, 0.05) is 17.3 Å². The highest BCUT2D eigenvalue weighted by Crippen LogP contribution is 2.52. The molecule has 0 atom stereocenters. The molecule has 3 aromatic carbocycles. The summed E-state index contributed by atoms with van der Waals surface area (Å²) >= 11 is 0. The number of benzene rings is 3. The van der Waals surface area contributed by atoms with Crippen molar-refractivity contribution < 1.29 is 4.57 Å². The van der Waals surface area contributed by atoms with E-state index in [1.165, 1.54) is 50.6 Å². The smallest absolute Gasteiger partial charge is 0.360 e. The van der Waals surface area contributed by atoms with Crippen molar-refractivity contribution in [2.75, 3.05) is 9.62 Å². The van der Waals surface area contributed by atoms with Crippen LogP contribution >= 0.6 is 0 Å². The Hall–Kier alpha value is -3.53. The molecular weight excluding hydrogens is 353 g/mol. The highest BCUT2D eigenvalue weighted by molar-refractivity contribution is 6.86. The van der Waals surface area contributed by atoms with E-state index >= 15 is 0 Å². The van der Waals surface area contributed by atoms with Crippen LogP contribution < -0.4 is 19.7 Å². The Labute approximate surface area is 170 Å². The molecule has 3 aliphatic rings. The summed E-state index contributed by atoms with van der Waals surface area (Å²) in [6.07, 6.45) is 2.25. The van der Waals surface area contributed by atoms with Crippen LogP contribution in [0.25, 0.3) is 11.3 Å². The van der Waals surface area contributed by atoms with Crippen molar-refractivity contribution in [2.45, 2.75) is 13.5 Å². The minimum Gasteiger partial charge on any atom is -0.360 e. The maximum absolute atomic E-state index is 2.56. The number of aromatic nitrogens is 1. The number of pyridine rings is 1. The Morgan fingerprint density at radius 3 is 2.38 bits per heavy atom. The fourth-order valence-electron chi connectivity index (χ4n) is 5.46. The summed E-state index contributed by atoms with van der Waals surface area (Å²) in [4.78, 5) is 5.06. The van der Waals surface area contributed by atoms with E-state index in [2.05, 4.69) is 106 Å². The number of aryl methyl sites for hydroxylation is 1. The first-order valence-electron chi connectivity index (χ1n) is 10.2. The molecule has 0 amide bonds. The largest absolute Gasteiger partial charge is 0.421 e. The molecule has 29 heavy (non-hydrogen) atoms. The molecule has 4 aromatic rings. The second-order valence-electron chi connectivity index (χ2n) is 8.14. The van der Waals surface area contributed by atoms with Crippen LogP contribution in [-0.4, -0.2) is 6.98 Å². The molecule has 4 heteroatoms. The number of rotatable bonds is 1. The Morgan fingerprint density at radius 2 is 1.55 bits per heavy atom. The van der Waals surface area contributed by atoms with Crippen LogP contribution in [0.2, 0.25) is 0 Å². The van der Waals surface area contributed by atoms with Crippen molar-refractivity contribution in [3.63, 3.8) is 0 Å². The lowest BCUT2D eigenvalue weighted by atomic mass is 9.59. The highest BCUT2D eigenvalue weighted by atomic mass is 15.3. The third-order valence-corrected chi connectivity index (χ3v) is 6.59. The van der Waals surface area contributed by atoms with Crippen LogP contribution in [0.15, 0.2) is 85.1 Å². The molecule has 0 saturated carbocycles. The fraction of sp³-hybridized carbons (Fsp3) is 0.0800. The van der Waals surface area contributed by atoms with E-state index in [0.717, 1.165) is 6.54 Å². The lowest BCUT2D eigenvalue weighted by Crippen LogP contribution is -2.56. The zero-order chi connectivity index (χ0) is 19.1. The van der Waals surface area contributed by atoms with Crippen molar-refractivity contribution in [1.82, 2.24) is 0 Å². The van der Waals surface area contributed by atoms with E-state index in [0.29, 0.717) is 0 Å². The number of fused-ring (bicyclic) bond motifs is 5. The summed E-state index contributed by atoms with van der Waals surface area (Å²) in [5.74, 6) is 0. The van der Waals surface area contributed by atoms with Gasteiger partial charge in [-0.1, -0.05) is 48.5 Å². The van der Waals surface area contributed by atoms with Crippen molar-refractivity contribution in [2.24, 2.45) is 0 Å². The van der Waals surface area contributed by atoms with Crippen LogP contribution in [0.4, 0.5) is 22.7 Å². The molecule has 0 spiro atoms. The maximum Gasteiger partial charge on any atom is 0.421 e. The van der Waals surface area contributed by atoms with E-state index < -0.39 is 0 Å². The fourth-order valence-corrected chi connectivity index (χ4v) is 5.46. The van der Waals surface area contributed by atoms with Gasteiger partial charge in [0.2, 0.25) is 5.69 Å². The summed E-state index contributed by atoms with van der Waals surface area (Å²) in [5.41, 5.74) is 12.1. The molecule has 0 radical (unpaired) electrons. The predicted octanol–water partition coefficient (Wildman–Crippen LogP) is 4.31. The average Bonchev–Trinajstić information content (AvgIpc) is 3.31. The van der Waals surface area contributed by atoms with Gasteiger partial charge in [0.1, 0.15) is 5.69 Å². The number of hydrogen-bond donors (Lipinski definition) is 0. The number of hydrogen-bond acceptors (Lipinski definition) is 2. The normalized spacial score (nSPS) is 14.7. The van der Waals surface area contributed by atoms with E-state index in [1.807, 2.05) is 0 Å². The number of anilines is 4. The van der Waals surface area contributed by atoms with Gasteiger partial charge in [-0.05, 0) is 42.2 Å². The third kappa shape index (κ3) is 1.82. The second kappa shape index (κ2) is 5.29. The van der Waals surface area contributed by atoms with E-state index in [-0.39, 0.29) is 6.98 Å². The summed E-state index contributed by atoms with van der Waals surface area (Å²) in [7, 11) is 0. The highest BCUT2D eigenvalue weighted by Gasteiger charge is 2.52. The van der Waals surface area contributed by atoms with Crippen molar-refractivity contribution in [3.05, 3.63) is 96.2 Å². The summed E-state index contributed by atoms with van der Waals surface area (Å²) in [5, 5.41) is 0. The van der Waals surface area contributed by atoms with Crippen molar-refractivity contribution in [3.8, 4) is 11.3 Å². The molecule has 7 rings (SSSR count). The molecule has 0 unspecified atom stereocenters. The standard InChI is InChI=1S/C25H19BN3/c1-17-14-15-27-16-18-8-7-11-20-23(18)25(27)24(17)29-22-13-6-5-12-21(22)28(26(20)29)19-9-3-2-4-10-19/h2-15H,16H2,1H3/q+1. The molecule has 0 fully saturated rings. The Morgan fingerprint density at radius 1 is 0.793 bits per heavy atom. The first-order chi connectivity index (χ1) is 14.3. The SMILES string of the molecule is Cc1cc[n+]2c3c1N1B(c4cccc(c4-3)C2)N(c2ccccc2)c2ccccc21. The van der Waals surface area contributed by atoms with Crippen molar-refractivity contribution in [1.29, 1.82) is 0 Å². The van der Waals surface area contributed by atoms with Crippen LogP contribution in [-0.2, 0) is 6.54 Å². The maximum atomic E-state index is 2.56. The Bertz CT molecular complexity index is 1320. The Kier molecular flexibility index (Phi) is 2.81. The minimum atomic E-state index is 0.130. The summed E-state index contributed by atoms with van der Waals surface area (Å²) < 4.78 is 2.42. The van der Waals surface area contributed by atoms with E-state index in [1.54, 1.807) is 0 Å². The molecule has 0 saturated heterocycles. The zero-order valence-corrected chi connectivity index (χ0v) is 16.2. The van der Waals surface area contributed by atoms with Gasteiger partial charge in [0.25, 0.3) is 0 Å². The van der Waals surface area contributed by atoms with Gasteiger partial charge in [-0.2, -0.15) is 4.57 Å². The summed E-state index contributed by atoms with van der Waals surface area (Å²) in [6, 6.07) is 28.7. The topological polar surface area (TPSA) is 10.4 Å². The quantitative estimate of drug-likeness (QED) is 0.321. The van der Waals surface area contributed by atoms with Gasteiger partial charge in [-0.3, -0.25) is 0 Å². The van der Waals surface area contributed by atoms with Gasteiger partial charge in [0.05, 0.1) is 16.9 Å². The number of para-hydroxylation sites is 3. The van der Waals surface area contributed by atoms with Gasteiger partial charge in [0.15, 0.2) is 12.7 Å². The minimum absolute atomic E-state index is 0.130. The second-order valence-corrected chi connectivity index (χ2v) is 8.14. The molecule has 0 aliphatic carbocycles. The van der Waals surface area contributed by atoms with Gasteiger partial charge >= 0.3 is 6.98 Å². The van der Waals surface area contributed by atoms with Crippen LogP contribution in [0, 0.1) is 6.92 Å². The molecule has 3 aliphatic heterocycles. The first-order valence-corrected chi connectivity index (χ1v) is 10.2. The van der Waals surface area contributed by atoms with Crippen molar-refractivity contribution >= 4 is 35.2 Å². The molecule has 0 N–H and O–H groups in total. The first kappa shape index (κ1) is 15.4. The van der Waals surface area contributed by atoms with Gasteiger partial charge in [-0.25, -0.2) is 0 Å². The monoisotopic (exact) mass is 372 g/mol. The van der Waals surface area contributed by atoms with Gasteiger partial charge < -0.3 is 9.62 Å². The molecule has 4 heterocycles. The van der Waals surface area contributed by atoms with E-state index in [9.17, 15) is 0 Å². The van der Waals surface area contributed by atoms with E-state index in [4.69, 9.17) is 0 Å². The molecule has 136 valence electrons. The van der Waals surface area contributed by atoms with Gasteiger partial charge in [-0.15, -0.1) is 0 Å². The van der Waals surface area contributed by atoms with Crippen LogP contribution in [0.3, 0.4) is 0 Å². The third-order valence-electron chi connectivity index (χ3n) is 6.59. The molecule has 0 bridgehead atoms.